The minimum absolute atomic E-state index is 0.242. The van der Waals surface area contributed by atoms with Gasteiger partial charge in [0.05, 0.1) is 6.04 Å². The van der Waals surface area contributed by atoms with Gasteiger partial charge in [-0.1, -0.05) is 52.7 Å². The van der Waals surface area contributed by atoms with Crippen molar-refractivity contribution in [3.63, 3.8) is 0 Å². The average Bonchev–Trinajstić information content (AvgIpc) is 2.82. The van der Waals surface area contributed by atoms with Crippen molar-refractivity contribution in [1.82, 2.24) is 4.98 Å². The monoisotopic (exact) mass is 507 g/mol. The predicted molar refractivity (Wildman–Crippen MR) is 159 cm³/mol. The number of allylic oxidation sites excluding steroid dienone is 7. The summed E-state index contributed by atoms with van der Waals surface area (Å²) in [5, 5.41) is 12.2. The second kappa shape index (κ2) is 18.5. The van der Waals surface area contributed by atoms with Crippen LogP contribution in [0.15, 0.2) is 69.9 Å². The van der Waals surface area contributed by atoms with E-state index in [1.165, 1.54) is 22.3 Å². The highest BCUT2D eigenvalue weighted by Gasteiger charge is 2.14. The van der Waals surface area contributed by atoms with E-state index in [1.54, 1.807) is 24.2 Å². The normalized spacial score (nSPS) is 13.8. The number of thioether (sulfide) groups is 1. The maximum absolute atomic E-state index is 8.89. The van der Waals surface area contributed by atoms with Crippen LogP contribution in [0.3, 0.4) is 0 Å². The van der Waals surface area contributed by atoms with Gasteiger partial charge in [0.2, 0.25) is 6.19 Å². The Bertz CT molecular complexity index is 974. The molecule has 1 unspecified atom stereocenters. The van der Waals surface area contributed by atoms with E-state index in [0.717, 1.165) is 55.7 Å². The van der Waals surface area contributed by atoms with Gasteiger partial charge in [-0.2, -0.15) is 22.0 Å². The summed E-state index contributed by atoms with van der Waals surface area (Å²) in [4.78, 5) is 8.10. The zero-order valence-electron chi connectivity index (χ0n) is 23.1. The fourth-order valence-corrected chi connectivity index (χ4v) is 4.47. The molecule has 5 nitrogen and oxygen atoms in total. The summed E-state index contributed by atoms with van der Waals surface area (Å²) in [5.41, 5.74) is 12.9. The number of rotatable bonds is 16. The molecule has 0 aromatic carbocycles. The van der Waals surface area contributed by atoms with E-state index in [1.807, 2.05) is 19.1 Å². The van der Waals surface area contributed by atoms with Crippen LogP contribution < -0.4 is 11.1 Å². The third-order valence-corrected chi connectivity index (χ3v) is 6.73. The Morgan fingerprint density at radius 3 is 2.11 bits per heavy atom. The van der Waals surface area contributed by atoms with E-state index < -0.39 is 0 Å². The number of hydrogen-bond donors (Lipinski definition) is 2. The molecule has 196 valence electrons. The lowest BCUT2D eigenvalue weighted by molar-refractivity contribution is 0.899. The summed E-state index contributed by atoms with van der Waals surface area (Å²) >= 11 is 1.76. The van der Waals surface area contributed by atoms with E-state index in [2.05, 4.69) is 74.2 Å². The number of aryl methyl sites for hydroxylation is 1. The van der Waals surface area contributed by atoms with Crippen molar-refractivity contribution < 1.29 is 0 Å². The zero-order valence-corrected chi connectivity index (χ0v) is 23.9. The van der Waals surface area contributed by atoms with Crippen molar-refractivity contribution in [3.8, 4) is 6.19 Å². The minimum atomic E-state index is -0.242. The Morgan fingerprint density at radius 1 is 1.00 bits per heavy atom. The first-order chi connectivity index (χ1) is 17.2. The first kappa shape index (κ1) is 31.3. The van der Waals surface area contributed by atoms with Crippen LogP contribution in [0.1, 0.15) is 78.7 Å². The van der Waals surface area contributed by atoms with Crippen LogP contribution in [-0.4, -0.2) is 28.4 Å². The fourth-order valence-electron chi connectivity index (χ4n) is 3.44. The molecule has 1 rings (SSSR count). The van der Waals surface area contributed by atoms with Crippen LogP contribution in [-0.2, 0) is 0 Å². The van der Waals surface area contributed by atoms with E-state index >= 15 is 0 Å². The van der Waals surface area contributed by atoms with Crippen molar-refractivity contribution in [2.45, 2.75) is 86.1 Å². The van der Waals surface area contributed by atoms with Crippen molar-refractivity contribution in [1.29, 1.82) is 5.26 Å². The van der Waals surface area contributed by atoms with E-state index in [4.69, 9.17) is 11.0 Å². The number of nitrogens with zero attached hydrogens (tertiary/aromatic N) is 3. The maximum Gasteiger partial charge on any atom is 0.207 e. The molecule has 0 fully saturated rings. The molecule has 0 radical (unpaired) electrons. The lowest BCUT2D eigenvalue weighted by atomic mass is 10.0. The van der Waals surface area contributed by atoms with Crippen LogP contribution in [0.25, 0.3) is 0 Å². The molecule has 36 heavy (non-hydrogen) atoms. The third kappa shape index (κ3) is 15.3. The fraction of sp³-hybridized carbons (Fsp3) is 0.500. The zero-order chi connectivity index (χ0) is 26.8. The number of amidine groups is 1. The molecule has 0 amide bonds. The lowest BCUT2D eigenvalue weighted by Gasteiger charge is -2.17. The van der Waals surface area contributed by atoms with Gasteiger partial charge in [-0.3, -0.25) is 0 Å². The molecule has 1 heterocycles. The molecule has 0 saturated carbocycles. The second-order valence-corrected chi connectivity index (χ2v) is 10.7. The Kier molecular flexibility index (Phi) is 16.0. The van der Waals surface area contributed by atoms with E-state index in [-0.39, 0.29) is 11.9 Å². The second-order valence-electron chi connectivity index (χ2n) is 9.64. The smallest absolute Gasteiger partial charge is 0.207 e. The molecule has 0 bridgehead atoms. The first-order valence-corrected chi connectivity index (χ1v) is 14.0. The number of nitrogens with one attached hydrogen (secondary N) is 1. The van der Waals surface area contributed by atoms with Crippen molar-refractivity contribution in [3.05, 3.63) is 70.5 Å². The number of pyridine rings is 1. The number of aromatic nitrogens is 1. The number of nitriles is 1. The number of hydrogen-bond acceptors (Lipinski definition) is 5. The van der Waals surface area contributed by atoms with E-state index in [0.29, 0.717) is 5.75 Å². The number of aliphatic imine (C=N–C) groups is 1. The number of anilines is 1. The third-order valence-electron chi connectivity index (χ3n) is 5.76. The average molecular weight is 508 g/mol. The predicted octanol–water partition coefficient (Wildman–Crippen LogP) is 7.89. The van der Waals surface area contributed by atoms with Crippen molar-refractivity contribution in [2.75, 3.05) is 16.8 Å². The van der Waals surface area contributed by atoms with Gasteiger partial charge in [-0.25, -0.2) is 4.98 Å². The Morgan fingerprint density at radius 2 is 1.58 bits per heavy atom. The van der Waals surface area contributed by atoms with Crippen LogP contribution in [0.2, 0.25) is 0 Å². The molecular formula is C30H45N5S. The highest BCUT2D eigenvalue weighted by atomic mass is 32.2. The molecule has 1 atom stereocenters. The Hall–Kier alpha value is -2.78. The molecular weight excluding hydrogens is 462 g/mol. The van der Waals surface area contributed by atoms with Gasteiger partial charge in [0.25, 0.3) is 0 Å². The molecule has 6 heteroatoms. The standard InChI is InChI=1S/C30H45N5S/c1-23(2)10-7-11-24(3)12-8-13-25(4)14-9-15-26(5)18-19-36-21-28(30(32)34-22-31)35-29-17-16-27(6)20-33-29/h10,12,14,16-18,20,28H,7-9,11,13,15,19,21H2,1-6H3,(H2,32,34)(H,33,35). The lowest BCUT2D eigenvalue weighted by Crippen LogP contribution is -2.38. The quantitative estimate of drug-likeness (QED) is 0.0781. The summed E-state index contributed by atoms with van der Waals surface area (Å²) in [6.45, 7) is 13.0. The number of nitrogens with two attached hydrogens (primary N) is 1. The minimum Gasteiger partial charge on any atom is -0.385 e. The molecule has 0 aliphatic carbocycles. The van der Waals surface area contributed by atoms with Crippen molar-refractivity contribution >= 4 is 23.4 Å². The molecule has 1 aromatic rings. The molecule has 0 saturated heterocycles. The molecule has 1 aromatic heterocycles. The molecule has 3 N–H and O–H groups in total. The Labute approximate surface area is 223 Å². The van der Waals surface area contributed by atoms with Gasteiger partial charge >= 0.3 is 0 Å². The first-order valence-electron chi connectivity index (χ1n) is 12.8. The summed E-state index contributed by atoms with van der Waals surface area (Å²) in [5.74, 6) is 2.61. The highest BCUT2D eigenvalue weighted by Crippen LogP contribution is 2.15. The van der Waals surface area contributed by atoms with Gasteiger partial charge in [0.15, 0.2) is 0 Å². The Balaban J connectivity index is 2.40. The molecule has 0 aliphatic rings. The molecule has 0 spiro atoms. The topological polar surface area (TPSA) is 87.1 Å². The summed E-state index contributed by atoms with van der Waals surface area (Å²) in [6, 6.07) is 3.66. The van der Waals surface area contributed by atoms with Crippen LogP contribution >= 0.6 is 11.8 Å². The molecule has 0 aliphatic heterocycles. The SMILES string of the molecule is CC(C)=CCCC(C)=CCCC(C)=CCCC(C)=CCSCC(Nc1ccc(C)cn1)/C(N)=N/C#N. The van der Waals surface area contributed by atoms with Gasteiger partial charge in [0, 0.05) is 17.7 Å². The summed E-state index contributed by atoms with van der Waals surface area (Å²) < 4.78 is 0. The van der Waals surface area contributed by atoms with Crippen LogP contribution in [0.5, 0.6) is 0 Å². The van der Waals surface area contributed by atoms with Gasteiger partial charge in [-0.05, 0) is 91.7 Å². The highest BCUT2D eigenvalue weighted by molar-refractivity contribution is 7.99. The van der Waals surface area contributed by atoms with Crippen LogP contribution in [0, 0.1) is 18.4 Å². The summed E-state index contributed by atoms with van der Waals surface area (Å²) in [7, 11) is 0. The summed E-state index contributed by atoms with van der Waals surface area (Å²) in [6.07, 6.45) is 19.7. The van der Waals surface area contributed by atoms with Crippen LogP contribution in [0.4, 0.5) is 5.82 Å². The van der Waals surface area contributed by atoms with E-state index in [9.17, 15) is 0 Å². The maximum atomic E-state index is 8.89. The van der Waals surface area contributed by atoms with Gasteiger partial charge in [-0.15, -0.1) is 0 Å². The van der Waals surface area contributed by atoms with Crippen molar-refractivity contribution in [2.24, 2.45) is 10.7 Å². The van der Waals surface area contributed by atoms with Gasteiger partial charge < -0.3 is 11.1 Å². The largest absolute Gasteiger partial charge is 0.385 e. The van der Waals surface area contributed by atoms with Gasteiger partial charge in [0.1, 0.15) is 11.7 Å².